The zero-order chi connectivity index (χ0) is 9.11. The quantitative estimate of drug-likeness (QED) is 0.519. The van der Waals surface area contributed by atoms with E-state index in [9.17, 15) is 9.59 Å². The normalized spacial score (nSPS) is 5.58. The zero-order valence-electron chi connectivity index (χ0n) is 6.70. The van der Waals surface area contributed by atoms with Gasteiger partial charge >= 0.3 is 0 Å². The molecule has 0 aromatic rings. The number of rotatable bonds is 2. The number of hydrogen-bond acceptors (Lipinski definition) is 4. The van der Waals surface area contributed by atoms with Crippen LogP contribution in [0.5, 0.6) is 0 Å². The molecule has 0 aliphatic carbocycles. The van der Waals surface area contributed by atoms with Crippen molar-refractivity contribution in [2.45, 2.75) is 19.8 Å². The average Bonchev–Trinajstić information content (AvgIpc) is 1.90. The number of nitriles is 2. The van der Waals surface area contributed by atoms with Gasteiger partial charge in [-0.2, -0.15) is 10.5 Å². The molecule has 0 bridgehead atoms. The molecule has 1 radical (unpaired) electrons. The fourth-order valence-electron chi connectivity index (χ4n) is 0.137. The fourth-order valence-corrected chi connectivity index (χ4v) is 0.137. The van der Waals surface area contributed by atoms with E-state index in [2.05, 4.69) is 0 Å². The fraction of sp³-hybridized carbons (Fsp3) is 0.429. The third kappa shape index (κ3) is 34.2. The van der Waals surface area contributed by atoms with Crippen LogP contribution in [0.3, 0.4) is 0 Å². The second kappa shape index (κ2) is 16.8. The molecule has 0 aliphatic rings. The van der Waals surface area contributed by atoms with Gasteiger partial charge < -0.3 is 9.59 Å². The Labute approximate surface area is 96.4 Å². The molecule has 0 saturated carbocycles. The molecule has 0 fully saturated rings. The molecular formula is C7H7N2O2Y-. The predicted octanol–water partition coefficient (Wildman–Crippen LogP) is 0.496. The Kier molecular flexibility index (Phi) is 24.5. The van der Waals surface area contributed by atoms with Crippen molar-refractivity contribution in [1.82, 2.24) is 0 Å². The standard InChI is InChI=1S/C4H5O2.C3H2N2.Y/c1-4(6)2-3-5;4-2-1-3-5;/h2H2,1H3;1H2;/q-1;;. The number of nitrogens with zero attached hydrogens (tertiary/aromatic N) is 2. The van der Waals surface area contributed by atoms with Gasteiger partial charge in [0.15, 0.2) is 0 Å². The molecule has 0 aromatic heterocycles. The van der Waals surface area contributed by atoms with E-state index in [0.717, 1.165) is 0 Å². The molecule has 0 unspecified atom stereocenters. The Morgan fingerprint density at radius 2 is 1.83 bits per heavy atom. The monoisotopic (exact) mass is 240 g/mol. The summed E-state index contributed by atoms with van der Waals surface area (Å²) in [5, 5.41) is 15.2. The van der Waals surface area contributed by atoms with Crippen LogP contribution in [0.1, 0.15) is 19.8 Å². The van der Waals surface area contributed by atoms with Crippen molar-refractivity contribution in [1.29, 1.82) is 10.5 Å². The first kappa shape index (κ1) is 17.5. The first-order chi connectivity index (χ1) is 5.18. The van der Waals surface area contributed by atoms with Crippen molar-refractivity contribution in [3.8, 4) is 12.1 Å². The van der Waals surface area contributed by atoms with Gasteiger partial charge in [0.25, 0.3) is 0 Å². The van der Waals surface area contributed by atoms with Crippen molar-refractivity contribution in [3.05, 3.63) is 0 Å². The maximum absolute atomic E-state index is 9.78. The minimum absolute atomic E-state index is 0. The second-order valence-electron chi connectivity index (χ2n) is 1.52. The molecule has 0 saturated heterocycles. The smallest absolute Gasteiger partial charge is 0.122 e. The van der Waals surface area contributed by atoms with Crippen molar-refractivity contribution in [3.63, 3.8) is 0 Å². The van der Waals surface area contributed by atoms with E-state index in [-0.39, 0.29) is 51.3 Å². The summed E-state index contributed by atoms with van der Waals surface area (Å²) in [7, 11) is 0. The summed E-state index contributed by atoms with van der Waals surface area (Å²) in [6, 6.07) is 3.31. The molecule has 4 nitrogen and oxygen atoms in total. The largest absolute Gasteiger partial charge is 0.541 e. The Morgan fingerprint density at radius 3 is 1.83 bits per heavy atom. The number of hydrogen-bond donors (Lipinski definition) is 0. The van der Waals surface area contributed by atoms with Crippen LogP contribution in [0.25, 0.3) is 0 Å². The molecule has 61 valence electrons. The second-order valence-corrected chi connectivity index (χ2v) is 1.52. The van der Waals surface area contributed by atoms with Gasteiger partial charge in [0.2, 0.25) is 0 Å². The van der Waals surface area contributed by atoms with Crippen LogP contribution in [0.2, 0.25) is 0 Å². The summed E-state index contributed by atoms with van der Waals surface area (Å²) < 4.78 is 0. The number of carbonyl (C=O) groups is 1. The van der Waals surface area contributed by atoms with Crippen molar-refractivity contribution >= 4 is 12.1 Å². The van der Waals surface area contributed by atoms with Crippen LogP contribution >= 0.6 is 0 Å². The maximum Gasteiger partial charge on any atom is 0.122 e. The van der Waals surface area contributed by atoms with Gasteiger partial charge in [-0.15, -0.1) is 0 Å². The summed E-state index contributed by atoms with van der Waals surface area (Å²) >= 11 is 0. The van der Waals surface area contributed by atoms with Gasteiger partial charge in [-0.05, 0) is 6.92 Å². The van der Waals surface area contributed by atoms with Gasteiger partial charge in [0.05, 0.1) is 12.1 Å². The molecule has 5 heteroatoms. The van der Waals surface area contributed by atoms with Crippen molar-refractivity contribution in [2.24, 2.45) is 0 Å². The molecule has 0 amide bonds. The first-order valence-corrected chi connectivity index (χ1v) is 2.77. The number of ketones is 1. The van der Waals surface area contributed by atoms with Gasteiger partial charge in [0.1, 0.15) is 12.2 Å². The Balaban J connectivity index is -0.000000126. The van der Waals surface area contributed by atoms with Crippen LogP contribution < -0.4 is 0 Å². The van der Waals surface area contributed by atoms with Crippen LogP contribution in [0, 0.1) is 22.7 Å². The van der Waals surface area contributed by atoms with Gasteiger partial charge in [0, 0.05) is 32.7 Å². The molecule has 0 spiro atoms. The molecule has 12 heavy (non-hydrogen) atoms. The summed E-state index contributed by atoms with van der Waals surface area (Å²) in [5.74, 6) is -0.134. The predicted molar refractivity (Wildman–Crippen MR) is 36.8 cm³/mol. The van der Waals surface area contributed by atoms with Crippen LogP contribution in [-0.4, -0.2) is 12.1 Å². The summed E-state index contributed by atoms with van der Waals surface area (Å²) in [6.07, 6.45) is 1.40. The minimum Gasteiger partial charge on any atom is -0.541 e. The van der Waals surface area contributed by atoms with Gasteiger partial charge in [-0.1, -0.05) is 6.42 Å². The van der Waals surface area contributed by atoms with Gasteiger partial charge in [-0.3, -0.25) is 6.29 Å². The Bertz CT molecular complexity index is 190. The Hall–Kier alpha value is -0.576. The van der Waals surface area contributed by atoms with Gasteiger partial charge in [-0.25, -0.2) is 0 Å². The van der Waals surface area contributed by atoms with E-state index in [4.69, 9.17) is 10.5 Å². The third-order valence-corrected chi connectivity index (χ3v) is 0.479. The molecule has 0 aromatic carbocycles. The average molecular weight is 240 g/mol. The molecule has 0 rings (SSSR count). The van der Waals surface area contributed by atoms with E-state index in [1.165, 1.54) is 13.2 Å². The topological polar surface area (TPSA) is 81.7 Å². The van der Waals surface area contributed by atoms with E-state index in [0.29, 0.717) is 0 Å². The summed E-state index contributed by atoms with van der Waals surface area (Å²) in [5.41, 5.74) is 0. The molecule has 0 atom stereocenters. The van der Waals surface area contributed by atoms with Crippen LogP contribution in [-0.2, 0) is 42.3 Å². The van der Waals surface area contributed by atoms with Crippen LogP contribution in [0.4, 0.5) is 0 Å². The van der Waals surface area contributed by atoms with E-state index in [1.807, 2.05) is 0 Å². The van der Waals surface area contributed by atoms with E-state index >= 15 is 0 Å². The SMILES string of the molecule is CC(=O)C[C-]=O.N#CCC#N.[Y]. The van der Waals surface area contributed by atoms with E-state index < -0.39 is 0 Å². The Morgan fingerprint density at radius 1 is 1.42 bits per heavy atom. The van der Waals surface area contributed by atoms with Crippen molar-refractivity contribution in [2.75, 3.05) is 0 Å². The molecule has 0 aliphatic heterocycles. The number of Topliss-reactive ketones (excluding diaryl/α,β-unsaturated/α-hetero) is 1. The van der Waals surface area contributed by atoms with E-state index in [1.54, 1.807) is 12.1 Å². The molecule has 0 N–H and O–H groups in total. The summed E-state index contributed by atoms with van der Waals surface area (Å²) in [6.45, 7) is 1.35. The number of carbonyl (C=O) groups excluding carboxylic acids is 2. The third-order valence-electron chi connectivity index (χ3n) is 0.479. The summed E-state index contributed by atoms with van der Waals surface area (Å²) in [4.78, 5) is 19.1. The first-order valence-electron chi connectivity index (χ1n) is 2.77. The van der Waals surface area contributed by atoms with Crippen LogP contribution in [0.15, 0.2) is 0 Å². The maximum atomic E-state index is 9.78. The van der Waals surface area contributed by atoms with Crippen molar-refractivity contribution < 1.29 is 42.3 Å². The molecule has 0 heterocycles. The zero-order valence-corrected chi connectivity index (χ0v) is 9.54. The molecular weight excluding hydrogens is 233 g/mol. The minimum atomic E-state index is -0.134.